The zero-order chi connectivity index (χ0) is 8.85. The monoisotopic (exact) mass is 159 g/mol. The predicted molar refractivity (Wildman–Crippen MR) is 43.9 cm³/mol. The molecule has 0 spiro atoms. The minimum Gasteiger partial charge on any atom is -0.368 e. The molecule has 0 aliphatic heterocycles. The maximum Gasteiger partial charge on any atom is 0.322 e. The van der Waals surface area contributed by atoms with Gasteiger partial charge in [-0.1, -0.05) is 6.92 Å². The highest BCUT2D eigenvalue weighted by molar-refractivity contribution is 5.65. The van der Waals surface area contributed by atoms with Crippen molar-refractivity contribution in [1.29, 1.82) is 0 Å². The molecule has 0 aromatic heterocycles. The van der Waals surface area contributed by atoms with Gasteiger partial charge in [0.2, 0.25) is 0 Å². The molecule has 3 nitrogen and oxygen atoms in total. The van der Waals surface area contributed by atoms with Gasteiger partial charge in [-0.05, 0) is 20.3 Å². The van der Waals surface area contributed by atoms with E-state index in [1.54, 1.807) is 5.06 Å². The van der Waals surface area contributed by atoms with Crippen molar-refractivity contribution in [3.05, 3.63) is 0 Å². The van der Waals surface area contributed by atoms with E-state index in [-0.39, 0.29) is 12.0 Å². The Morgan fingerprint density at radius 2 is 2.09 bits per heavy atom. The van der Waals surface area contributed by atoms with E-state index in [2.05, 4.69) is 6.92 Å². The van der Waals surface area contributed by atoms with E-state index in [1.165, 1.54) is 6.92 Å². The van der Waals surface area contributed by atoms with Crippen molar-refractivity contribution in [2.24, 2.45) is 0 Å². The Hall–Kier alpha value is -0.570. The maximum absolute atomic E-state index is 10.6. The molecule has 0 aromatic rings. The van der Waals surface area contributed by atoms with Crippen molar-refractivity contribution >= 4 is 5.97 Å². The van der Waals surface area contributed by atoms with Crippen LogP contribution in [-0.2, 0) is 9.63 Å². The lowest BCUT2D eigenvalue weighted by Crippen LogP contribution is -2.33. The highest BCUT2D eigenvalue weighted by atomic mass is 16.7. The number of rotatable bonds is 4. The number of hydrogen-bond acceptors (Lipinski definition) is 3. The van der Waals surface area contributed by atoms with E-state index in [0.717, 1.165) is 13.0 Å². The smallest absolute Gasteiger partial charge is 0.322 e. The van der Waals surface area contributed by atoms with Crippen LogP contribution in [0.25, 0.3) is 0 Å². The van der Waals surface area contributed by atoms with Gasteiger partial charge in [-0.3, -0.25) is 4.79 Å². The minimum atomic E-state index is -0.243. The van der Waals surface area contributed by atoms with Crippen molar-refractivity contribution in [1.82, 2.24) is 5.06 Å². The average molecular weight is 159 g/mol. The molecule has 66 valence electrons. The summed E-state index contributed by atoms with van der Waals surface area (Å²) in [6, 6.07) is 0.263. The lowest BCUT2D eigenvalue weighted by Gasteiger charge is -2.23. The molecule has 0 heterocycles. The van der Waals surface area contributed by atoms with Gasteiger partial charge in [0.05, 0.1) is 0 Å². The number of hydrogen-bond donors (Lipinski definition) is 0. The average Bonchev–Trinajstić information content (AvgIpc) is 1.86. The Balaban J connectivity index is 3.79. The van der Waals surface area contributed by atoms with E-state index in [9.17, 15) is 4.79 Å². The number of nitrogens with zero attached hydrogens (tertiary/aromatic N) is 1. The molecular formula is C8H17NO2. The first kappa shape index (κ1) is 10.4. The van der Waals surface area contributed by atoms with E-state index < -0.39 is 0 Å². The Labute approximate surface area is 68.3 Å². The van der Waals surface area contributed by atoms with Gasteiger partial charge in [0.15, 0.2) is 0 Å². The molecule has 0 atom stereocenters. The van der Waals surface area contributed by atoms with Crippen LogP contribution in [0.2, 0.25) is 0 Å². The van der Waals surface area contributed by atoms with Crippen molar-refractivity contribution in [3.8, 4) is 0 Å². The first-order chi connectivity index (χ1) is 5.07. The van der Waals surface area contributed by atoms with Crippen LogP contribution in [0.1, 0.15) is 34.1 Å². The second-order valence-corrected chi connectivity index (χ2v) is 2.82. The van der Waals surface area contributed by atoms with Gasteiger partial charge in [0, 0.05) is 19.5 Å². The third-order valence-corrected chi connectivity index (χ3v) is 1.27. The summed E-state index contributed by atoms with van der Waals surface area (Å²) in [4.78, 5) is 15.5. The number of carbonyl (C=O) groups is 1. The van der Waals surface area contributed by atoms with Gasteiger partial charge in [0.1, 0.15) is 0 Å². The molecule has 0 amide bonds. The molecule has 0 unspecified atom stereocenters. The standard InChI is InChI=1S/C8H17NO2/c1-5-6-9(7(2)3)11-8(4)10/h7H,5-6H2,1-4H3. The van der Waals surface area contributed by atoms with Crippen molar-refractivity contribution in [2.45, 2.75) is 40.2 Å². The lowest BCUT2D eigenvalue weighted by molar-refractivity contribution is -0.196. The second kappa shape index (κ2) is 5.13. The normalized spacial score (nSPS) is 10.7. The molecule has 0 N–H and O–H groups in total. The Morgan fingerprint density at radius 3 is 2.36 bits per heavy atom. The molecule has 0 aromatic carbocycles. The molecule has 3 heteroatoms. The summed E-state index contributed by atoms with van der Waals surface area (Å²) in [5.41, 5.74) is 0. The first-order valence-corrected chi connectivity index (χ1v) is 4.03. The van der Waals surface area contributed by atoms with Gasteiger partial charge < -0.3 is 4.84 Å². The van der Waals surface area contributed by atoms with E-state index in [0.29, 0.717) is 0 Å². The third kappa shape index (κ3) is 4.79. The van der Waals surface area contributed by atoms with E-state index in [4.69, 9.17) is 4.84 Å². The second-order valence-electron chi connectivity index (χ2n) is 2.82. The van der Waals surface area contributed by atoms with E-state index >= 15 is 0 Å². The van der Waals surface area contributed by atoms with Crippen LogP contribution < -0.4 is 0 Å². The molecule has 0 saturated heterocycles. The lowest BCUT2D eigenvalue weighted by atomic mass is 10.3. The maximum atomic E-state index is 10.6. The van der Waals surface area contributed by atoms with Crippen molar-refractivity contribution < 1.29 is 9.63 Å². The molecule has 0 saturated carbocycles. The Kier molecular flexibility index (Phi) is 4.86. The fraction of sp³-hybridized carbons (Fsp3) is 0.875. The minimum absolute atomic E-state index is 0.243. The zero-order valence-electron chi connectivity index (χ0n) is 7.76. The summed E-state index contributed by atoms with van der Waals surface area (Å²) in [5, 5.41) is 1.70. The van der Waals surface area contributed by atoms with Crippen LogP contribution in [0.5, 0.6) is 0 Å². The predicted octanol–water partition coefficient (Wildman–Crippen LogP) is 1.58. The molecule has 11 heavy (non-hydrogen) atoms. The van der Waals surface area contributed by atoms with Gasteiger partial charge >= 0.3 is 5.97 Å². The largest absolute Gasteiger partial charge is 0.368 e. The zero-order valence-corrected chi connectivity index (χ0v) is 7.76. The summed E-state index contributed by atoms with van der Waals surface area (Å²) >= 11 is 0. The topological polar surface area (TPSA) is 29.5 Å². The summed E-state index contributed by atoms with van der Waals surface area (Å²) in [6.07, 6.45) is 0.992. The van der Waals surface area contributed by atoms with Crippen LogP contribution >= 0.6 is 0 Å². The van der Waals surface area contributed by atoms with Crippen molar-refractivity contribution in [2.75, 3.05) is 6.54 Å². The van der Waals surface area contributed by atoms with Crippen molar-refractivity contribution in [3.63, 3.8) is 0 Å². The molecule has 0 rings (SSSR count). The number of hydroxylamine groups is 2. The van der Waals surface area contributed by atoms with Gasteiger partial charge in [-0.2, -0.15) is 0 Å². The number of carbonyl (C=O) groups excluding carboxylic acids is 1. The molecule has 0 bridgehead atoms. The Bertz CT molecular complexity index is 123. The molecule has 0 aliphatic carbocycles. The third-order valence-electron chi connectivity index (χ3n) is 1.27. The van der Waals surface area contributed by atoms with E-state index in [1.807, 2.05) is 13.8 Å². The highest BCUT2D eigenvalue weighted by Gasteiger charge is 2.10. The van der Waals surface area contributed by atoms with Gasteiger partial charge in [-0.25, -0.2) is 0 Å². The summed E-state index contributed by atoms with van der Waals surface area (Å²) < 4.78 is 0. The SMILES string of the molecule is CCCN(OC(C)=O)C(C)C. The molecule has 0 fully saturated rings. The van der Waals surface area contributed by atoms with Crippen LogP contribution in [0, 0.1) is 0 Å². The molecule has 0 radical (unpaired) electrons. The quantitative estimate of drug-likeness (QED) is 0.583. The van der Waals surface area contributed by atoms with Gasteiger partial charge in [-0.15, -0.1) is 5.06 Å². The first-order valence-electron chi connectivity index (χ1n) is 4.03. The van der Waals surface area contributed by atoms with Crippen LogP contribution in [-0.4, -0.2) is 23.6 Å². The summed E-state index contributed by atoms with van der Waals surface area (Å²) in [5.74, 6) is -0.243. The fourth-order valence-electron chi connectivity index (χ4n) is 0.795. The van der Waals surface area contributed by atoms with Crippen LogP contribution in [0.4, 0.5) is 0 Å². The molecular weight excluding hydrogens is 142 g/mol. The van der Waals surface area contributed by atoms with Crippen LogP contribution in [0.3, 0.4) is 0 Å². The Morgan fingerprint density at radius 1 is 1.55 bits per heavy atom. The van der Waals surface area contributed by atoms with Crippen LogP contribution in [0.15, 0.2) is 0 Å². The fourth-order valence-corrected chi connectivity index (χ4v) is 0.795. The highest BCUT2D eigenvalue weighted by Crippen LogP contribution is 2.00. The van der Waals surface area contributed by atoms with Gasteiger partial charge in [0.25, 0.3) is 0 Å². The molecule has 0 aliphatic rings. The summed E-state index contributed by atoms with van der Waals surface area (Å²) in [6.45, 7) is 8.28. The summed E-state index contributed by atoms with van der Waals surface area (Å²) in [7, 11) is 0.